The van der Waals surface area contributed by atoms with Crippen molar-refractivity contribution in [1.82, 2.24) is 20.8 Å². The number of halogens is 3. The Morgan fingerprint density at radius 1 is 1.12 bits per heavy atom. The molecule has 2 aromatic carbocycles. The highest BCUT2D eigenvalue weighted by Crippen LogP contribution is 2.28. The fourth-order valence-corrected chi connectivity index (χ4v) is 3.33. The Morgan fingerprint density at radius 2 is 1.79 bits per heavy atom. The summed E-state index contributed by atoms with van der Waals surface area (Å²) in [5.74, 6) is -0.972. The van der Waals surface area contributed by atoms with Gasteiger partial charge in [-0.3, -0.25) is 14.7 Å². The van der Waals surface area contributed by atoms with Gasteiger partial charge in [0.1, 0.15) is 28.9 Å². The van der Waals surface area contributed by atoms with E-state index in [2.05, 4.69) is 15.5 Å². The molecule has 0 saturated heterocycles. The molecule has 0 aliphatic heterocycles. The number of alkyl halides is 3. The number of anilines is 1. The van der Waals surface area contributed by atoms with Crippen LogP contribution in [0.25, 0.3) is 11.3 Å². The lowest BCUT2D eigenvalue weighted by Gasteiger charge is -2.20. The normalized spacial score (nSPS) is 12.1. The summed E-state index contributed by atoms with van der Waals surface area (Å²) >= 11 is 0. The Morgan fingerprint density at radius 3 is 2.41 bits per heavy atom. The molecule has 34 heavy (non-hydrogen) atoms. The van der Waals surface area contributed by atoms with Crippen LogP contribution in [-0.2, 0) is 6.54 Å². The molecule has 0 saturated carbocycles. The van der Waals surface area contributed by atoms with Gasteiger partial charge >= 0.3 is 6.18 Å². The Hall–Kier alpha value is -4.02. The van der Waals surface area contributed by atoms with Crippen molar-refractivity contribution in [3.8, 4) is 17.0 Å². The van der Waals surface area contributed by atoms with Gasteiger partial charge in [0.2, 0.25) is 0 Å². The van der Waals surface area contributed by atoms with Crippen LogP contribution in [0.3, 0.4) is 0 Å². The van der Waals surface area contributed by atoms with Crippen molar-refractivity contribution in [2.75, 3.05) is 12.8 Å². The van der Waals surface area contributed by atoms with E-state index < -0.39 is 18.1 Å². The van der Waals surface area contributed by atoms with E-state index in [1.165, 1.54) is 14.0 Å². The van der Waals surface area contributed by atoms with Gasteiger partial charge in [-0.05, 0) is 24.1 Å². The lowest BCUT2D eigenvalue weighted by Crippen LogP contribution is -2.45. The number of nitrogens with two attached hydrogens (primary N) is 1. The van der Waals surface area contributed by atoms with Gasteiger partial charge in [-0.1, -0.05) is 43.3 Å². The number of carbonyl (C=O) groups excluding carboxylic acids is 2. The number of H-pyrrole nitrogens is 1. The summed E-state index contributed by atoms with van der Waals surface area (Å²) in [6.45, 7) is 1.54. The third-order valence-electron chi connectivity index (χ3n) is 5.16. The van der Waals surface area contributed by atoms with Gasteiger partial charge in [0.15, 0.2) is 0 Å². The number of aromatic nitrogens is 2. The van der Waals surface area contributed by atoms with Gasteiger partial charge in [-0.2, -0.15) is 18.3 Å². The molecule has 0 aliphatic rings. The molecule has 8 nitrogen and oxygen atoms in total. The van der Waals surface area contributed by atoms with Crippen LogP contribution in [0.4, 0.5) is 19.0 Å². The second kappa shape index (κ2) is 10.3. The van der Waals surface area contributed by atoms with Crippen molar-refractivity contribution in [2.45, 2.75) is 32.1 Å². The average Bonchev–Trinajstić information content (AvgIpc) is 3.21. The molecule has 11 heteroatoms. The summed E-state index contributed by atoms with van der Waals surface area (Å²) in [4.78, 5) is 25.0. The number of rotatable bonds is 8. The second-order valence-corrected chi connectivity index (χ2v) is 7.42. The van der Waals surface area contributed by atoms with E-state index in [0.717, 1.165) is 5.56 Å². The van der Waals surface area contributed by atoms with E-state index in [1.54, 1.807) is 48.5 Å². The standard InChI is InChI=1S/C23H24F3N5O3/c1-3-17(23(24,25)26)29-22(33)18-19(30-31-20(18)27)14-10-8-13(9-11-14)12-28-21(32)15-6-4-5-7-16(15)34-2/h4-11,17H,3,12H2,1-2H3,(H,28,32)(H,29,33)(H3,27,30,31). The Kier molecular flexibility index (Phi) is 7.44. The Balaban J connectivity index is 1.73. The maximum Gasteiger partial charge on any atom is 0.408 e. The van der Waals surface area contributed by atoms with Crippen LogP contribution in [0.5, 0.6) is 5.75 Å². The summed E-state index contributed by atoms with van der Waals surface area (Å²) in [6, 6.07) is 11.5. The SMILES string of the molecule is CCC(NC(=O)c1c(-c2ccc(CNC(=O)c3ccccc3OC)cc2)n[nH]c1N)C(F)(F)F. The summed E-state index contributed by atoms with van der Waals surface area (Å²) < 4.78 is 44.4. The van der Waals surface area contributed by atoms with Gasteiger partial charge in [-0.15, -0.1) is 0 Å². The van der Waals surface area contributed by atoms with E-state index in [-0.39, 0.29) is 35.9 Å². The molecule has 1 heterocycles. The molecule has 1 atom stereocenters. The number of nitrogens with zero attached hydrogens (tertiary/aromatic N) is 1. The van der Waals surface area contributed by atoms with Crippen LogP contribution in [0, 0.1) is 0 Å². The summed E-state index contributed by atoms with van der Waals surface area (Å²) in [7, 11) is 1.48. The summed E-state index contributed by atoms with van der Waals surface area (Å²) in [6.07, 6.45) is -4.91. The van der Waals surface area contributed by atoms with Gasteiger partial charge < -0.3 is 21.1 Å². The molecule has 5 N–H and O–H groups in total. The molecule has 180 valence electrons. The monoisotopic (exact) mass is 475 g/mol. The van der Waals surface area contributed by atoms with Crippen molar-refractivity contribution in [2.24, 2.45) is 0 Å². The number of carbonyl (C=O) groups is 2. The first-order valence-electron chi connectivity index (χ1n) is 10.4. The van der Waals surface area contributed by atoms with Gasteiger partial charge in [0.05, 0.1) is 12.7 Å². The van der Waals surface area contributed by atoms with Crippen molar-refractivity contribution >= 4 is 17.6 Å². The van der Waals surface area contributed by atoms with E-state index in [9.17, 15) is 22.8 Å². The minimum Gasteiger partial charge on any atom is -0.496 e. The van der Waals surface area contributed by atoms with Crippen molar-refractivity contribution in [3.63, 3.8) is 0 Å². The van der Waals surface area contributed by atoms with E-state index in [0.29, 0.717) is 16.9 Å². The summed E-state index contributed by atoms with van der Waals surface area (Å²) in [5.41, 5.74) is 7.35. The van der Waals surface area contributed by atoms with Crippen LogP contribution < -0.4 is 21.1 Å². The van der Waals surface area contributed by atoms with Crippen LogP contribution in [0.1, 0.15) is 39.6 Å². The van der Waals surface area contributed by atoms with E-state index in [4.69, 9.17) is 10.5 Å². The number of methoxy groups -OCH3 is 1. The van der Waals surface area contributed by atoms with Gasteiger partial charge in [-0.25, -0.2) is 0 Å². The molecule has 2 amide bonds. The first kappa shape index (κ1) is 24.6. The molecule has 0 bridgehead atoms. The Bertz CT molecular complexity index is 1160. The largest absolute Gasteiger partial charge is 0.496 e. The number of nitrogens with one attached hydrogen (secondary N) is 3. The minimum atomic E-state index is -4.58. The predicted octanol–water partition coefficient (Wildman–Crippen LogP) is 3.67. The number of nitrogen functional groups attached to an aromatic ring is 1. The zero-order valence-electron chi connectivity index (χ0n) is 18.5. The number of amides is 2. The molecule has 1 aromatic heterocycles. The lowest BCUT2D eigenvalue weighted by atomic mass is 10.0. The number of ether oxygens (including phenoxy) is 1. The highest BCUT2D eigenvalue weighted by atomic mass is 19.4. The number of aromatic amines is 1. The zero-order valence-corrected chi connectivity index (χ0v) is 18.5. The van der Waals surface area contributed by atoms with E-state index in [1.807, 2.05) is 5.32 Å². The molecule has 0 spiro atoms. The quantitative estimate of drug-likeness (QED) is 0.396. The van der Waals surface area contributed by atoms with Gasteiger partial charge in [0.25, 0.3) is 11.8 Å². The topological polar surface area (TPSA) is 122 Å². The predicted molar refractivity (Wildman–Crippen MR) is 120 cm³/mol. The number of para-hydroxylation sites is 1. The van der Waals surface area contributed by atoms with Crippen LogP contribution in [0.2, 0.25) is 0 Å². The van der Waals surface area contributed by atoms with Crippen LogP contribution >= 0.6 is 0 Å². The van der Waals surface area contributed by atoms with Crippen LogP contribution in [0.15, 0.2) is 48.5 Å². The molecular formula is C23H24F3N5O3. The van der Waals surface area contributed by atoms with Crippen molar-refractivity contribution in [1.29, 1.82) is 0 Å². The van der Waals surface area contributed by atoms with Crippen molar-refractivity contribution < 1.29 is 27.5 Å². The average molecular weight is 475 g/mol. The zero-order chi connectivity index (χ0) is 24.9. The molecule has 3 rings (SSSR count). The molecular weight excluding hydrogens is 451 g/mol. The second-order valence-electron chi connectivity index (χ2n) is 7.42. The van der Waals surface area contributed by atoms with Crippen molar-refractivity contribution in [3.05, 3.63) is 65.2 Å². The highest BCUT2D eigenvalue weighted by Gasteiger charge is 2.40. The molecule has 3 aromatic rings. The lowest BCUT2D eigenvalue weighted by molar-refractivity contribution is -0.153. The first-order valence-corrected chi connectivity index (χ1v) is 10.4. The van der Waals surface area contributed by atoms with Crippen LogP contribution in [-0.4, -0.2) is 41.3 Å². The molecule has 0 radical (unpaired) electrons. The number of benzene rings is 2. The number of hydrogen-bond acceptors (Lipinski definition) is 5. The summed E-state index contributed by atoms with van der Waals surface area (Å²) in [5, 5.41) is 11.2. The Labute approximate surface area is 193 Å². The third-order valence-corrected chi connectivity index (χ3v) is 5.16. The maximum atomic E-state index is 13.1. The third kappa shape index (κ3) is 5.48. The number of hydrogen-bond donors (Lipinski definition) is 4. The van der Waals surface area contributed by atoms with E-state index >= 15 is 0 Å². The highest BCUT2D eigenvalue weighted by molar-refractivity contribution is 6.04. The molecule has 0 aliphatic carbocycles. The first-order chi connectivity index (χ1) is 16.2. The maximum absolute atomic E-state index is 13.1. The minimum absolute atomic E-state index is 0.122. The molecule has 0 fully saturated rings. The fourth-order valence-electron chi connectivity index (χ4n) is 3.33. The smallest absolute Gasteiger partial charge is 0.408 e. The molecule has 1 unspecified atom stereocenters. The fraction of sp³-hybridized carbons (Fsp3) is 0.261. The van der Waals surface area contributed by atoms with Gasteiger partial charge in [0, 0.05) is 12.1 Å².